The van der Waals surface area contributed by atoms with Crippen molar-refractivity contribution in [1.82, 2.24) is 20.5 Å². The minimum Gasteiger partial charge on any atom is -0.497 e. The molecule has 2 aromatic rings. The van der Waals surface area contributed by atoms with E-state index in [1.54, 1.807) is 7.11 Å². The van der Waals surface area contributed by atoms with Gasteiger partial charge in [-0.1, -0.05) is 0 Å². The lowest BCUT2D eigenvalue weighted by atomic mass is 9.79. The van der Waals surface area contributed by atoms with E-state index in [1.165, 1.54) is 23.6 Å². The van der Waals surface area contributed by atoms with Crippen molar-refractivity contribution in [2.45, 2.75) is 31.7 Å². The highest BCUT2D eigenvalue weighted by molar-refractivity contribution is 5.87. The Morgan fingerprint density at radius 3 is 2.78 bits per heavy atom. The molecular formula is C20H26N4O3. The molecule has 0 aliphatic carbocycles. The van der Waals surface area contributed by atoms with Crippen molar-refractivity contribution in [1.29, 1.82) is 0 Å². The first-order valence-corrected chi connectivity index (χ1v) is 9.49. The normalized spacial score (nSPS) is 18.4. The number of fused-ring (bicyclic) bond motifs is 4. The fourth-order valence-corrected chi connectivity index (χ4v) is 4.41. The average Bonchev–Trinajstić information content (AvgIpc) is 3.06. The van der Waals surface area contributed by atoms with Gasteiger partial charge in [0.2, 0.25) is 11.8 Å². The molecule has 1 saturated heterocycles. The SMILES string of the molecule is COc1ccc2[nH]c3c(c2c1)CCNC31CCN(C(=O)CNC(C)=O)CC1. The quantitative estimate of drug-likeness (QED) is 0.760. The molecule has 2 amide bonds. The lowest BCUT2D eigenvalue weighted by molar-refractivity contribution is -0.134. The number of hydrogen-bond acceptors (Lipinski definition) is 4. The largest absolute Gasteiger partial charge is 0.497 e. The maximum atomic E-state index is 12.3. The number of H-pyrrole nitrogens is 1. The Balaban J connectivity index is 1.56. The summed E-state index contributed by atoms with van der Waals surface area (Å²) in [6, 6.07) is 6.16. The van der Waals surface area contributed by atoms with Gasteiger partial charge in [-0.05, 0) is 43.0 Å². The smallest absolute Gasteiger partial charge is 0.241 e. The number of aromatic amines is 1. The van der Waals surface area contributed by atoms with Crippen molar-refractivity contribution in [3.8, 4) is 5.75 Å². The molecule has 1 aromatic heterocycles. The van der Waals surface area contributed by atoms with Crippen LogP contribution in [0.1, 0.15) is 31.0 Å². The standard InChI is InChI=1S/C20H26N4O3/c1-13(25)21-12-18(26)24-9-6-20(7-10-24)19-15(5-8-22-20)16-11-14(27-2)3-4-17(16)23-19/h3-4,11,22-23H,5-10,12H2,1-2H3,(H,21,25). The Bertz CT molecular complexity index is 881. The molecule has 1 spiro atoms. The van der Waals surface area contributed by atoms with E-state index in [4.69, 9.17) is 4.74 Å². The Morgan fingerprint density at radius 1 is 1.30 bits per heavy atom. The minimum atomic E-state index is -0.177. The third kappa shape index (κ3) is 3.16. The predicted octanol–water partition coefficient (Wildman–Crippen LogP) is 1.28. The van der Waals surface area contributed by atoms with Gasteiger partial charge in [0.05, 0.1) is 19.2 Å². The molecule has 0 bridgehead atoms. The summed E-state index contributed by atoms with van der Waals surface area (Å²) >= 11 is 0. The van der Waals surface area contributed by atoms with Crippen LogP contribution in [-0.2, 0) is 21.5 Å². The number of rotatable bonds is 3. The van der Waals surface area contributed by atoms with Gasteiger partial charge in [-0.15, -0.1) is 0 Å². The molecule has 3 N–H and O–H groups in total. The number of likely N-dealkylation sites (tertiary alicyclic amines) is 1. The molecule has 1 aromatic carbocycles. The van der Waals surface area contributed by atoms with Gasteiger partial charge in [0.1, 0.15) is 5.75 Å². The van der Waals surface area contributed by atoms with Gasteiger partial charge in [0.25, 0.3) is 0 Å². The van der Waals surface area contributed by atoms with Crippen LogP contribution in [0.5, 0.6) is 5.75 Å². The number of carbonyl (C=O) groups excluding carboxylic acids is 2. The number of methoxy groups -OCH3 is 1. The predicted molar refractivity (Wildman–Crippen MR) is 103 cm³/mol. The Hall–Kier alpha value is -2.54. The molecule has 3 heterocycles. The summed E-state index contributed by atoms with van der Waals surface area (Å²) in [6.45, 7) is 3.80. The lowest BCUT2D eigenvalue weighted by Gasteiger charge is -2.44. The zero-order valence-corrected chi connectivity index (χ0v) is 15.9. The van der Waals surface area contributed by atoms with Gasteiger partial charge >= 0.3 is 0 Å². The fourth-order valence-electron chi connectivity index (χ4n) is 4.41. The number of aromatic nitrogens is 1. The van der Waals surface area contributed by atoms with Gasteiger partial charge in [-0.2, -0.15) is 0 Å². The van der Waals surface area contributed by atoms with Crippen molar-refractivity contribution >= 4 is 22.7 Å². The van der Waals surface area contributed by atoms with E-state index >= 15 is 0 Å². The number of piperidine rings is 1. The molecule has 0 saturated carbocycles. The molecule has 144 valence electrons. The van der Waals surface area contributed by atoms with Crippen molar-refractivity contribution in [3.63, 3.8) is 0 Å². The van der Waals surface area contributed by atoms with Gasteiger partial charge in [-0.25, -0.2) is 0 Å². The van der Waals surface area contributed by atoms with Gasteiger partial charge in [-0.3, -0.25) is 9.59 Å². The van der Waals surface area contributed by atoms with Gasteiger partial charge < -0.3 is 25.3 Å². The van der Waals surface area contributed by atoms with Crippen LogP contribution in [0.3, 0.4) is 0 Å². The summed E-state index contributed by atoms with van der Waals surface area (Å²) in [6.07, 6.45) is 2.70. The molecular weight excluding hydrogens is 344 g/mol. The maximum absolute atomic E-state index is 12.3. The highest BCUT2D eigenvalue weighted by atomic mass is 16.5. The highest BCUT2D eigenvalue weighted by Gasteiger charge is 2.42. The zero-order valence-electron chi connectivity index (χ0n) is 15.9. The molecule has 0 atom stereocenters. The van der Waals surface area contributed by atoms with Crippen molar-refractivity contribution in [3.05, 3.63) is 29.5 Å². The number of nitrogens with zero attached hydrogens (tertiary/aromatic N) is 1. The second-order valence-electron chi connectivity index (χ2n) is 7.44. The summed E-state index contributed by atoms with van der Waals surface area (Å²) in [4.78, 5) is 28.8. The van der Waals surface area contributed by atoms with Crippen LogP contribution in [-0.4, -0.2) is 55.0 Å². The molecule has 7 nitrogen and oxygen atoms in total. The fraction of sp³-hybridized carbons (Fsp3) is 0.500. The number of amides is 2. The van der Waals surface area contributed by atoms with Crippen LogP contribution >= 0.6 is 0 Å². The maximum Gasteiger partial charge on any atom is 0.241 e. The van der Waals surface area contributed by atoms with Gasteiger partial charge in [0.15, 0.2) is 0 Å². The lowest BCUT2D eigenvalue weighted by Crippen LogP contribution is -2.56. The van der Waals surface area contributed by atoms with Crippen LogP contribution < -0.4 is 15.4 Å². The van der Waals surface area contributed by atoms with Crippen LogP contribution in [0.25, 0.3) is 10.9 Å². The number of carbonyl (C=O) groups is 2. The number of ether oxygens (including phenoxy) is 1. The minimum absolute atomic E-state index is 0.0162. The first-order chi connectivity index (χ1) is 13.0. The molecule has 7 heteroatoms. The first kappa shape index (κ1) is 17.9. The number of benzene rings is 1. The number of nitrogens with one attached hydrogen (secondary N) is 3. The average molecular weight is 370 g/mol. The van der Waals surface area contributed by atoms with Crippen molar-refractivity contribution < 1.29 is 14.3 Å². The van der Waals surface area contributed by atoms with Crippen LogP contribution in [0, 0.1) is 0 Å². The molecule has 0 unspecified atom stereocenters. The monoisotopic (exact) mass is 370 g/mol. The van der Waals surface area contributed by atoms with E-state index in [2.05, 4.69) is 27.8 Å². The Kier molecular flexibility index (Phi) is 4.55. The Morgan fingerprint density at radius 2 is 2.07 bits per heavy atom. The van der Waals surface area contributed by atoms with E-state index in [0.29, 0.717) is 13.1 Å². The molecule has 2 aliphatic rings. The summed E-state index contributed by atoms with van der Waals surface area (Å²) in [5, 5.41) is 7.54. The second-order valence-corrected chi connectivity index (χ2v) is 7.44. The molecule has 27 heavy (non-hydrogen) atoms. The van der Waals surface area contributed by atoms with Crippen LogP contribution in [0.4, 0.5) is 0 Å². The molecule has 0 radical (unpaired) electrons. The van der Waals surface area contributed by atoms with E-state index in [-0.39, 0.29) is 23.9 Å². The second kappa shape index (κ2) is 6.88. The highest BCUT2D eigenvalue weighted by Crippen LogP contribution is 2.40. The Labute approximate surface area is 158 Å². The van der Waals surface area contributed by atoms with Crippen LogP contribution in [0.2, 0.25) is 0 Å². The topological polar surface area (TPSA) is 86.5 Å². The van der Waals surface area contributed by atoms with E-state index < -0.39 is 0 Å². The summed E-state index contributed by atoms with van der Waals surface area (Å²) in [7, 11) is 1.69. The van der Waals surface area contributed by atoms with Crippen LogP contribution in [0.15, 0.2) is 18.2 Å². The van der Waals surface area contributed by atoms with Gasteiger partial charge in [0, 0.05) is 43.2 Å². The van der Waals surface area contributed by atoms with E-state index in [9.17, 15) is 9.59 Å². The molecule has 1 fully saturated rings. The molecule has 4 rings (SSSR count). The van der Waals surface area contributed by atoms with E-state index in [0.717, 1.165) is 37.1 Å². The van der Waals surface area contributed by atoms with E-state index in [1.807, 2.05) is 11.0 Å². The first-order valence-electron chi connectivity index (χ1n) is 9.49. The summed E-state index contributed by atoms with van der Waals surface area (Å²) in [5.41, 5.74) is 3.63. The van der Waals surface area contributed by atoms with Crippen molar-refractivity contribution in [2.75, 3.05) is 33.3 Å². The zero-order chi connectivity index (χ0) is 19.0. The molecule has 2 aliphatic heterocycles. The third-order valence-electron chi connectivity index (χ3n) is 5.89. The summed E-state index contributed by atoms with van der Waals surface area (Å²) in [5.74, 6) is 0.677. The third-order valence-corrected chi connectivity index (χ3v) is 5.89. The number of hydrogen-bond donors (Lipinski definition) is 3. The van der Waals surface area contributed by atoms with Crippen molar-refractivity contribution in [2.24, 2.45) is 0 Å². The summed E-state index contributed by atoms with van der Waals surface area (Å²) < 4.78 is 5.40.